The van der Waals surface area contributed by atoms with Crippen molar-refractivity contribution in [1.29, 1.82) is 0 Å². The molecule has 1 heterocycles. The van der Waals surface area contributed by atoms with Crippen molar-refractivity contribution in [3.63, 3.8) is 0 Å². The van der Waals surface area contributed by atoms with Crippen molar-refractivity contribution in [3.05, 3.63) is 47.3 Å². The van der Waals surface area contributed by atoms with Gasteiger partial charge in [0, 0.05) is 11.9 Å². The van der Waals surface area contributed by atoms with Crippen LogP contribution in [-0.2, 0) is 0 Å². The molecule has 3 nitrogen and oxygen atoms in total. The van der Waals surface area contributed by atoms with Crippen LogP contribution in [0, 0.1) is 20.8 Å². The van der Waals surface area contributed by atoms with Gasteiger partial charge in [-0.3, -0.25) is 4.98 Å². The second kappa shape index (κ2) is 4.45. The van der Waals surface area contributed by atoms with Crippen LogP contribution in [0.2, 0.25) is 0 Å². The van der Waals surface area contributed by atoms with Gasteiger partial charge in [-0.25, -0.2) is 0 Å². The number of nitrogens with one attached hydrogen (secondary N) is 1. The normalized spacial score (nSPS) is 10.3. The van der Waals surface area contributed by atoms with Gasteiger partial charge in [0.25, 0.3) is 0 Å². The second-order valence-electron chi connectivity index (χ2n) is 4.36. The van der Waals surface area contributed by atoms with Crippen molar-refractivity contribution in [2.75, 3.05) is 11.1 Å². The summed E-state index contributed by atoms with van der Waals surface area (Å²) >= 11 is 0. The first-order chi connectivity index (χ1) is 8.08. The Kier molecular flexibility index (Phi) is 3.00. The van der Waals surface area contributed by atoms with E-state index >= 15 is 0 Å². The fraction of sp³-hybridized carbons (Fsp3) is 0.214. The summed E-state index contributed by atoms with van der Waals surface area (Å²) in [6.45, 7) is 6.30. The number of pyridine rings is 1. The van der Waals surface area contributed by atoms with Crippen LogP contribution in [0.1, 0.15) is 16.7 Å². The summed E-state index contributed by atoms with van der Waals surface area (Å²) < 4.78 is 0. The summed E-state index contributed by atoms with van der Waals surface area (Å²) in [4.78, 5) is 3.98. The zero-order chi connectivity index (χ0) is 12.4. The van der Waals surface area contributed by atoms with Gasteiger partial charge >= 0.3 is 0 Å². The average molecular weight is 227 g/mol. The third-order valence-electron chi connectivity index (χ3n) is 2.79. The summed E-state index contributed by atoms with van der Waals surface area (Å²) in [5.74, 6) is 0. The van der Waals surface area contributed by atoms with Gasteiger partial charge in [0.15, 0.2) is 0 Å². The van der Waals surface area contributed by atoms with E-state index < -0.39 is 0 Å². The molecule has 0 saturated heterocycles. The molecule has 0 atom stereocenters. The van der Waals surface area contributed by atoms with Crippen molar-refractivity contribution in [3.8, 4) is 0 Å². The number of anilines is 3. The van der Waals surface area contributed by atoms with Crippen molar-refractivity contribution in [1.82, 2.24) is 4.98 Å². The molecule has 17 heavy (non-hydrogen) atoms. The van der Waals surface area contributed by atoms with Gasteiger partial charge in [0.2, 0.25) is 0 Å². The van der Waals surface area contributed by atoms with Gasteiger partial charge in [0.1, 0.15) is 0 Å². The highest BCUT2D eigenvalue weighted by Gasteiger charge is 2.05. The molecular formula is C14H17N3. The lowest BCUT2D eigenvalue weighted by Gasteiger charge is -2.15. The fourth-order valence-corrected chi connectivity index (χ4v) is 2.03. The Morgan fingerprint density at radius 3 is 2.35 bits per heavy atom. The third-order valence-corrected chi connectivity index (χ3v) is 2.79. The quantitative estimate of drug-likeness (QED) is 0.827. The van der Waals surface area contributed by atoms with Gasteiger partial charge < -0.3 is 11.1 Å². The molecule has 0 unspecified atom stereocenters. The van der Waals surface area contributed by atoms with E-state index in [2.05, 4.69) is 43.2 Å². The number of aryl methyl sites for hydroxylation is 3. The molecule has 0 radical (unpaired) electrons. The maximum absolute atomic E-state index is 5.87. The number of rotatable bonds is 2. The lowest BCUT2D eigenvalue weighted by Crippen LogP contribution is -2.00. The highest BCUT2D eigenvalue weighted by atomic mass is 14.9. The molecule has 0 aliphatic heterocycles. The Labute approximate surface area is 102 Å². The molecule has 3 N–H and O–H groups in total. The number of hydrogen-bond acceptors (Lipinski definition) is 3. The van der Waals surface area contributed by atoms with Crippen LogP contribution in [0.3, 0.4) is 0 Å². The number of nitrogen functional groups attached to an aromatic ring is 1. The van der Waals surface area contributed by atoms with Gasteiger partial charge in [-0.2, -0.15) is 0 Å². The SMILES string of the molecule is Cc1cc(C)c(Nc2ccncc2N)c(C)c1. The Morgan fingerprint density at radius 1 is 1.12 bits per heavy atom. The maximum Gasteiger partial charge on any atom is 0.0739 e. The molecule has 2 rings (SSSR count). The minimum Gasteiger partial charge on any atom is -0.396 e. The van der Waals surface area contributed by atoms with Gasteiger partial charge in [-0.05, 0) is 38.0 Å². The van der Waals surface area contributed by atoms with Crippen LogP contribution in [0.15, 0.2) is 30.6 Å². The molecule has 3 heteroatoms. The molecule has 0 aliphatic carbocycles. The molecule has 88 valence electrons. The van der Waals surface area contributed by atoms with Crippen LogP contribution in [0.5, 0.6) is 0 Å². The van der Waals surface area contributed by atoms with Crippen LogP contribution in [-0.4, -0.2) is 4.98 Å². The van der Waals surface area contributed by atoms with Crippen LogP contribution >= 0.6 is 0 Å². The monoisotopic (exact) mass is 227 g/mol. The summed E-state index contributed by atoms with van der Waals surface area (Å²) in [6, 6.07) is 6.20. The fourth-order valence-electron chi connectivity index (χ4n) is 2.03. The van der Waals surface area contributed by atoms with Gasteiger partial charge in [-0.1, -0.05) is 17.7 Å². The Bertz CT molecular complexity index is 524. The van der Waals surface area contributed by atoms with E-state index in [-0.39, 0.29) is 0 Å². The lowest BCUT2D eigenvalue weighted by molar-refractivity contribution is 1.29. The molecule has 0 fully saturated rings. The van der Waals surface area contributed by atoms with E-state index in [0.29, 0.717) is 5.69 Å². The predicted octanol–water partition coefficient (Wildman–Crippen LogP) is 3.33. The number of nitrogens with two attached hydrogens (primary N) is 1. The molecule has 0 amide bonds. The van der Waals surface area contributed by atoms with E-state index in [4.69, 9.17) is 5.73 Å². The van der Waals surface area contributed by atoms with Crippen molar-refractivity contribution < 1.29 is 0 Å². The smallest absolute Gasteiger partial charge is 0.0739 e. The lowest BCUT2D eigenvalue weighted by atomic mass is 10.0. The Balaban J connectivity index is 2.40. The highest BCUT2D eigenvalue weighted by Crippen LogP contribution is 2.28. The zero-order valence-corrected chi connectivity index (χ0v) is 10.4. The van der Waals surface area contributed by atoms with Gasteiger partial charge in [-0.15, -0.1) is 0 Å². The second-order valence-corrected chi connectivity index (χ2v) is 4.36. The zero-order valence-electron chi connectivity index (χ0n) is 10.4. The first-order valence-electron chi connectivity index (χ1n) is 5.62. The standard InChI is InChI=1S/C14H17N3/c1-9-6-10(2)14(11(3)7-9)17-13-4-5-16-8-12(13)15/h4-8H,15H2,1-3H3,(H,16,17). The molecule has 0 bridgehead atoms. The maximum atomic E-state index is 5.87. The molecule has 1 aromatic carbocycles. The molecule has 0 saturated carbocycles. The van der Waals surface area contributed by atoms with Crippen LogP contribution < -0.4 is 11.1 Å². The number of hydrogen-bond donors (Lipinski definition) is 2. The summed E-state index contributed by atoms with van der Waals surface area (Å²) in [6.07, 6.45) is 3.39. The highest BCUT2D eigenvalue weighted by molar-refractivity contribution is 5.74. The number of nitrogens with zero attached hydrogens (tertiary/aromatic N) is 1. The first kappa shape index (κ1) is 11.5. The number of benzene rings is 1. The third kappa shape index (κ3) is 2.38. The average Bonchev–Trinajstić information content (AvgIpc) is 2.25. The van der Waals surface area contributed by atoms with Crippen molar-refractivity contribution in [2.45, 2.75) is 20.8 Å². The summed E-state index contributed by atoms with van der Waals surface area (Å²) in [5, 5.41) is 3.37. The van der Waals surface area contributed by atoms with Crippen LogP contribution in [0.25, 0.3) is 0 Å². The number of aromatic nitrogens is 1. The summed E-state index contributed by atoms with van der Waals surface area (Å²) in [5.41, 5.74) is 12.3. The Morgan fingerprint density at radius 2 is 1.76 bits per heavy atom. The predicted molar refractivity (Wildman–Crippen MR) is 72.6 cm³/mol. The molecule has 0 spiro atoms. The largest absolute Gasteiger partial charge is 0.396 e. The van der Waals surface area contributed by atoms with E-state index in [1.54, 1.807) is 12.4 Å². The minimum atomic E-state index is 0.659. The Hall–Kier alpha value is -2.03. The van der Waals surface area contributed by atoms with Crippen molar-refractivity contribution >= 4 is 17.1 Å². The van der Waals surface area contributed by atoms with Crippen molar-refractivity contribution in [2.24, 2.45) is 0 Å². The van der Waals surface area contributed by atoms with E-state index in [9.17, 15) is 0 Å². The molecular weight excluding hydrogens is 210 g/mol. The van der Waals surface area contributed by atoms with E-state index in [1.807, 2.05) is 6.07 Å². The minimum absolute atomic E-state index is 0.659. The molecule has 2 aromatic rings. The van der Waals surface area contributed by atoms with Crippen LogP contribution in [0.4, 0.5) is 17.1 Å². The van der Waals surface area contributed by atoms with E-state index in [1.165, 1.54) is 16.7 Å². The first-order valence-corrected chi connectivity index (χ1v) is 5.62. The molecule has 1 aromatic heterocycles. The topological polar surface area (TPSA) is 50.9 Å². The van der Waals surface area contributed by atoms with Gasteiger partial charge in [0.05, 0.1) is 17.6 Å². The van der Waals surface area contributed by atoms with E-state index in [0.717, 1.165) is 11.4 Å². The summed E-state index contributed by atoms with van der Waals surface area (Å²) in [7, 11) is 0. The molecule has 0 aliphatic rings.